The highest BCUT2D eigenvalue weighted by atomic mass is 35.5. The first-order chi connectivity index (χ1) is 15.4. The molecule has 1 aliphatic heterocycles. The van der Waals surface area contributed by atoms with E-state index in [0.29, 0.717) is 44.0 Å². The number of esters is 1. The number of ketones is 1. The third-order valence-electron chi connectivity index (χ3n) is 4.96. The Bertz CT molecular complexity index is 1230. The van der Waals surface area contributed by atoms with Gasteiger partial charge >= 0.3 is 5.97 Å². The van der Waals surface area contributed by atoms with Crippen LogP contribution in [0.25, 0.3) is 6.08 Å². The summed E-state index contributed by atoms with van der Waals surface area (Å²) < 4.78 is 16.4. The van der Waals surface area contributed by atoms with Crippen molar-refractivity contribution in [2.24, 2.45) is 0 Å². The maximum absolute atomic E-state index is 12.9. The molecule has 0 N–H and O–H groups in total. The number of ether oxygens (including phenoxy) is 3. The van der Waals surface area contributed by atoms with Gasteiger partial charge in [-0.2, -0.15) is 0 Å². The van der Waals surface area contributed by atoms with E-state index in [2.05, 4.69) is 0 Å². The summed E-state index contributed by atoms with van der Waals surface area (Å²) in [6, 6.07) is 15.4. The zero-order valence-electron chi connectivity index (χ0n) is 17.3. The molecule has 4 rings (SSSR count). The highest BCUT2D eigenvalue weighted by Crippen LogP contribution is 2.38. The second kappa shape index (κ2) is 9.07. The predicted molar refractivity (Wildman–Crippen MR) is 123 cm³/mol. The molecule has 32 heavy (non-hydrogen) atoms. The van der Waals surface area contributed by atoms with Crippen LogP contribution in [0.1, 0.15) is 27.0 Å². The van der Waals surface area contributed by atoms with Crippen LogP contribution in [0.2, 0.25) is 10.0 Å². The zero-order valence-corrected chi connectivity index (χ0v) is 18.8. The van der Waals surface area contributed by atoms with Crippen molar-refractivity contribution in [1.82, 2.24) is 0 Å². The fraction of sp³-hybridized carbons (Fsp3) is 0.120. The SMILES string of the molecule is COc1ccc(CC(=O)Oc2cc(C)c3c(c2)O/C(=C\c2c(Cl)cccc2Cl)C3=O)cc1. The molecule has 0 bridgehead atoms. The van der Waals surface area contributed by atoms with Gasteiger partial charge in [-0.1, -0.05) is 41.4 Å². The van der Waals surface area contributed by atoms with E-state index < -0.39 is 5.97 Å². The van der Waals surface area contributed by atoms with Gasteiger partial charge in [0, 0.05) is 21.7 Å². The Morgan fingerprint density at radius 1 is 1.03 bits per heavy atom. The summed E-state index contributed by atoms with van der Waals surface area (Å²) in [5.74, 6) is 0.697. The van der Waals surface area contributed by atoms with Crippen LogP contribution in [-0.2, 0) is 11.2 Å². The fourth-order valence-corrected chi connectivity index (χ4v) is 3.90. The van der Waals surface area contributed by atoms with Crippen LogP contribution in [-0.4, -0.2) is 18.9 Å². The number of carbonyl (C=O) groups excluding carboxylic acids is 2. The lowest BCUT2D eigenvalue weighted by Crippen LogP contribution is -2.11. The van der Waals surface area contributed by atoms with Crippen molar-refractivity contribution in [3.05, 3.63) is 92.7 Å². The van der Waals surface area contributed by atoms with Gasteiger partial charge in [-0.05, 0) is 54.5 Å². The summed E-state index contributed by atoms with van der Waals surface area (Å²) in [5, 5.41) is 0.810. The normalized spacial score (nSPS) is 13.6. The molecule has 162 valence electrons. The van der Waals surface area contributed by atoms with Crippen molar-refractivity contribution in [1.29, 1.82) is 0 Å². The quantitative estimate of drug-likeness (QED) is 0.258. The molecule has 0 saturated carbocycles. The van der Waals surface area contributed by atoms with Crippen LogP contribution in [0.5, 0.6) is 17.2 Å². The standard InChI is InChI=1S/C25H18Cl2O5/c1-14-10-17(31-23(28)11-15-6-8-16(30-2)9-7-15)12-21-24(14)25(29)22(32-21)13-18-19(26)4-3-5-20(18)27/h3-10,12-13H,11H2,1-2H3/b22-13-. The lowest BCUT2D eigenvalue weighted by atomic mass is 10.0. The van der Waals surface area contributed by atoms with E-state index in [1.165, 1.54) is 12.1 Å². The minimum Gasteiger partial charge on any atom is -0.497 e. The molecule has 1 aliphatic rings. The van der Waals surface area contributed by atoms with E-state index in [0.717, 1.165) is 5.56 Å². The lowest BCUT2D eigenvalue weighted by molar-refractivity contribution is -0.133. The van der Waals surface area contributed by atoms with Gasteiger partial charge < -0.3 is 14.2 Å². The topological polar surface area (TPSA) is 61.8 Å². The van der Waals surface area contributed by atoms with Gasteiger partial charge in [-0.15, -0.1) is 0 Å². The highest BCUT2D eigenvalue weighted by molar-refractivity contribution is 6.37. The van der Waals surface area contributed by atoms with E-state index >= 15 is 0 Å². The first-order valence-electron chi connectivity index (χ1n) is 9.72. The number of rotatable bonds is 5. The smallest absolute Gasteiger partial charge is 0.315 e. The summed E-state index contributed by atoms with van der Waals surface area (Å²) in [6.45, 7) is 1.76. The molecule has 1 heterocycles. The van der Waals surface area contributed by atoms with Crippen molar-refractivity contribution >= 4 is 41.0 Å². The summed E-state index contributed by atoms with van der Waals surface area (Å²) in [7, 11) is 1.58. The van der Waals surface area contributed by atoms with Gasteiger partial charge in [-0.3, -0.25) is 9.59 Å². The Labute approximate surface area is 195 Å². The molecule has 0 amide bonds. The van der Waals surface area contributed by atoms with Gasteiger partial charge in [0.15, 0.2) is 5.76 Å². The number of allylic oxidation sites excluding steroid dienone is 1. The third-order valence-corrected chi connectivity index (χ3v) is 5.62. The van der Waals surface area contributed by atoms with Gasteiger partial charge in [-0.25, -0.2) is 0 Å². The van der Waals surface area contributed by atoms with Crippen LogP contribution in [0, 0.1) is 6.92 Å². The molecule has 0 radical (unpaired) electrons. The van der Waals surface area contributed by atoms with Crippen LogP contribution in [0.4, 0.5) is 0 Å². The Balaban J connectivity index is 1.54. The maximum atomic E-state index is 12.9. The number of Topliss-reactive ketones (excluding diaryl/α,β-unsaturated/α-hetero) is 1. The summed E-state index contributed by atoms with van der Waals surface area (Å²) >= 11 is 12.4. The van der Waals surface area contributed by atoms with Gasteiger partial charge in [0.25, 0.3) is 0 Å². The monoisotopic (exact) mass is 468 g/mol. The van der Waals surface area contributed by atoms with Crippen molar-refractivity contribution in [2.75, 3.05) is 7.11 Å². The van der Waals surface area contributed by atoms with E-state index in [-0.39, 0.29) is 18.0 Å². The molecular formula is C25H18Cl2O5. The second-order valence-corrected chi connectivity index (χ2v) is 8.00. The number of carbonyl (C=O) groups is 2. The third kappa shape index (κ3) is 4.49. The molecule has 0 aliphatic carbocycles. The number of aryl methyl sites for hydroxylation is 1. The van der Waals surface area contributed by atoms with E-state index in [1.807, 2.05) is 0 Å². The molecule has 0 unspecified atom stereocenters. The fourth-order valence-electron chi connectivity index (χ4n) is 3.39. The Hall–Kier alpha value is -3.28. The predicted octanol–water partition coefficient (Wildman–Crippen LogP) is 6.07. The first kappa shape index (κ1) is 21.9. The van der Waals surface area contributed by atoms with Gasteiger partial charge in [0.2, 0.25) is 5.78 Å². The molecule has 0 atom stereocenters. The molecule has 0 fully saturated rings. The molecule has 3 aromatic rings. The van der Waals surface area contributed by atoms with Crippen LogP contribution < -0.4 is 14.2 Å². The van der Waals surface area contributed by atoms with Gasteiger partial charge in [0.1, 0.15) is 17.2 Å². The number of hydrogen-bond acceptors (Lipinski definition) is 5. The maximum Gasteiger partial charge on any atom is 0.315 e. The van der Waals surface area contributed by atoms with Crippen LogP contribution >= 0.6 is 23.2 Å². The molecule has 7 heteroatoms. The Morgan fingerprint density at radius 3 is 2.38 bits per heavy atom. The summed E-state index contributed by atoms with van der Waals surface area (Å²) in [4.78, 5) is 25.3. The molecular weight excluding hydrogens is 451 g/mol. The molecule has 0 aromatic heterocycles. The number of fused-ring (bicyclic) bond motifs is 1. The minimum atomic E-state index is -0.433. The largest absolute Gasteiger partial charge is 0.497 e. The molecule has 0 saturated heterocycles. The second-order valence-electron chi connectivity index (χ2n) is 7.19. The average Bonchev–Trinajstić information content (AvgIpc) is 3.07. The number of benzene rings is 3. The van der Waals surface area contributed by atoms with E-state index in [1.54, 1.807) is 62.6 Å². The number of halogens is 2. The first-order valence-corrected chi connectivity index (χ1v) is 10.5. The highest BCUT2D eigenvalue weighted by Gasteiger charge is 2.30. The lowest BCUT2D eigenvalue weighted by Gasteiger charge is -2.08. The number of methoxy groups -OCH3 is 1. The number of hydrogen-bond donors (Lipinski definition) is 0. The summed E-state index contributed by atoms with van der Waals surface area (Å²) in [5.41, 5.74) is 2.33. The molecule has 0 spiro atoms. The van der Waals surface area contributed by atoms with Crippen molar-refractivity contribution in [3.63, 3.8) is 0 Å². The Morgan fingerprint density at radius 2 is 1.72 bits per heavy atom. The molecule has 5 nitrogen and oxygen atoms in total. The summed E-state index contributed by atoms with van der Waals surface area (Å²) in [6.07, 6.45) is 1.61. The van der Waals surface area contributed by atoms with E-state index in [4.69, 9.17) is 37.4 Å². The van der Waals surface area contributed by atoms with Crippen molar-refractivity contribution < 1.29 is 23.8 Å². The van der Waals surface area contributed by atoms with Crippen LogP contribution in [0.3, 0.4) is 0 Å². The average molecular weight is 469 g/mol. The zero-order chi connectivity index (χ0) is 22.8. The minimum absolute atomic E-state index is 0.0933. The van der Waals surface area contributed by atoms with E-state index in [9.17, 15) is 9.59 Å². The van der Waals surface area contributed by atoms with Crippen molar-refractivity contribution in [3.8, 4) is 17.2 Å². The van der Waals surface area contributed by atoms with Crippen LogP contribution in [0.15, 0.2) is 60.4 Å². The van der Waals surface area contributed by atoms with Crippen molar-refractivity contribution in [2.45, 2.75) is 13.3 Å². The molecule has 3 aromatic carbocycles. The van der Waals surface area contributed by atoms with Gasteiger partial charge in [0.05, 0.1) is 19.1 Å². The Kier molecular flexibility index (Phi) is 6.21.